The Hall–Kier alpha value is -2.20. The Balaban J connectivity index is 1.47. The van der Waals surface area contributed by atoms with Gasteiger partial charge >= 0.3 is 0 Å². The summed E-state index contributed by atoms with van der Waals surface area (Å²) in [4.78, 5) is 28.8. The first-order valence-corrected chi connectivity index (χ1v) is 11.8. The molecule has 31 heavy (non-hydrogen) atoms. The molecule has 0 radical (unpaired) electrons. The number of allylic oxidation sites excluding steroid dienone is 3. The summed E-state index contributed by atoms with van der Waals surface area (Å²) in [5.74, 6) is 0.814. The average Bonchev–Trinajstić information content (AvgIpc) is 3.28. The van der Waals surface area contributed by atoms with Crippen LogP contribution in [-0.4, -0.2) is 40.8 Å². The van der Waals surface area contributed by atoms with Crippen LogP contribution in [0.1, 0.15) is 74.9 Å². The van der Waals surface area contributed by atoms with Crippen LogP contribution in [0.15, 0.2) is 35.4 Å². The normalized spacial score (nSPS) is 34.6. The quantitative estimate of drug-likeness (QED) is 0.578. The van der Waals surface area contributed by atoms with Gasteiger partial charge in [0.05, 0.1) is 5.54 Å². The fourth-order valence-corrected chi connectivity index (χ4v) is 7.79. The number of amides is 1. The van der Waals surface area contributed by atoms with Gasteiger partial charge in [-0.1, -0.05) is 43.2 Å². The number of piperidine rings is 2. The van der Waals surface area contributed by atoms with Crippen LogP contribution in [-0.2, 0) is 11.2 Å². The van der Waals surface area contributed by atoms with Crippen LogP contribution < -0.4 is 5.32 Å². The van der Waals surface area contributed by atoms with Gasteiger partial charge in [-0.3, -0.25) is 14.5 Å². The molecule has 4 heteroatoms. The first-order valence-electron chi connectivity index (χ1n) is 11.8. The van der Waals surface area contributed by atoms with Crippen molar-refractivity contribution in [1.29, 1.82) is 0 Å². The molecular formula is C27H32N2O2. The minimum atomic E-state index is -0.280. The van der Waals surface area contributed by atoms with E-state index in [4.69, 9.17) is 0 Å². The summed E-state index contributed by atoms with van der Waals surface area (Å²) in [5.41, 5.74) is 6.72. The van der Waals surface area contributed by atoms with Crippen LogP contribution in [0, 0.1) is 11.3 Å². The molecule has 2 spiro atoms. The molecule has 3 unspecified atom stereocenters. The number of piperazine rings is 1. The fourth-order valence-electron chi connectivity index (χ4n) is 7.79. The summed E-state index contributed by atoms with van der Waals surface area (Å²) >= 11 is 0. The van der Waals surface area contributed by atoms with Crippen molar-refractivity contribution in [2.75, 3.05) is 13.1 Å². The van der Waals surface area contributed by atoms with E-state index in [2.05, 4.69) is 30.1 Å². The van der Waals surface area contributed by atoms with E-state index in [0.717, 1.165) is 56.3 Å². The van der Waals surface area contributed by atoms with Crippen molar-refractivity contribution in [1.82, 2.24) is 10.2 Å². The SMILES string of the molecule is CC(C)=CC(=O)c1cccc2c1CC1=C2CC23CN4CCCC4(CC2C1(C)C)C(=O)N3. The standard InChI is InChI=1S/C27H32N2O2/c1-16(2)11-22(30)18-8-5-7-17-19(18)12-21-20(17)13-26-15-29-10-6-9-27(29,24(31)28-26)14-23(26)25(21,3)4/h5,7-8,11,23H,6,9-10,12-15H2,1-4H3,(H,28,31). The summed E-state index contributed by atoms with van der Waals surface area (Å²) in [6.07, 6.45) is 6.61. The second kappa shape index (κ2) is 5.98. The highest BCUT2D eigenvalue weighted by molar-refractivity contribution is 6.07. The lowest BCUT2D eigenvalue weighted by Gasteiger charge is -2.66. The Labute approximate surface area is 184 Å². The van der Waals surface area contributed by atoms with E-state index in [1.807, 2.05) is 26.0 Å². The first kappa shape index (κ1) is 19.5. The highest BCUT2D eigenvalue weighted by Crippen LogP contribution is 2.63. The Kier molecular flexibility index (Phi) is 3.76. The second-order valence-electron chi connectivity index (χ2n) is 11.4. The van der Waals surface area contributed by atoms with Gasteiger partial charge in [0.15, 0.2) is 5.78 Å². The third-order valence-electron chi connectivity index (χ3n) is 9.14. The number of rotatable bonds is 2. The van der Waals surface area contributed by atoms with E-state index in [0.29, 0.717) is 5.92 Å². The maximum Gasteiger partial charge on any atom is 0.241 e. The van der Waals surface area contributed by atoms with E-state index in [-0.39, 0.29) is 28.2 Å². The number of carbonyl (C=O) groups excluding carboxylic acids is 2. The summed E-state index contributed by atoms with van der Waals surface area (Å²) in [6.45, 7) is 10.7. The molecule has 1 amide bonds. The highest BCUT2D eigenvalue weighted by Gasteiger charge is 2.68. The molecule has 1 aromatic carbocycles. The van der Waals surface area contributed by atoms with Crippen molar-refractivity contribution in [3.8, 4) is 0 Å². The topological polar surface area (TPSA) is 49.4 Å². The van der Waals surface area contributed by atoms with Gasteiger partial charge in [0, 0.05) is 12.1 Å². The van der Waals surface area contributed by atoms with Gasteiger partial charge in [-0.25, -0.2) is 0 Å². The molecule has 4 nitrogen and oxygen atoms in total. The summed E-state index contributed by atoms with van der Waals surface area (Å²) in [7, 11) is 0. The average molecular weight is 417 g/mol. The van der Waals surface area contributed by atoms with Gasteiger partial charge < -0.3 is 5.32 Å². The van der Waals surface area contributed by atoms with E-state index < -0.39 is 0 Å². The van der Waals surface area contributed by atoms with E-state index in [9.17, 15) is 9.59 Å². The zero-order valence-electron chi connectivity index (χ0n) is 19.1. The van der Waals surface area contributed by atoms with Gasteiger partial charge in [-0.05, 0) is 86.6 Å². The van der Waals surface area contributed by atoms with Crippen molar-refractivity contribution in [3.05, 3.63) is 52.1 Å². The Morgan fingerprint density at radius 2 is 2.06 bits per heavy atom. The number of hydrogen-bond donors (Lipinski definition) is 1. The maximum atomic E-state index is 13.3. The van der Waals surface area contributed by atoms with Crippen molar-refractivity contribution >= 4 is 17.3 Å². The van der Waals surface area contributed by atoms with Gasteiger partial charge in [0.2, 0.25) is 5.91 Å². The summed E-state index contributed by atoms with van der Waals surface area (Å²) in [6, 6.07) is 6.21. The highest BCUT2D eigenvalue weighted by atomic mass is 16.2. The maximum absolute atomic E-state index is 13.3. The van der Waals surface area contributed by atoms with Crippen molar-refractivity contribution in [2.45, 2.75) is 70.9 Å². The monoisotopic (exact) mass is 416 g/mol. The minimum Gasteiger partial charge on any atom is -0.347 e. The number of hydrogen-bond acceptors (Lipinski definition) is 3. The number of nitrogens with one attached hydrogen (secondary N) is 1. The largest absolute Gasteiger partial charge is 0.347 e. The number of carbonyl (C=O) groups is 2. The molecule has 4 aliphatic heterocycles. The number of fused-ring (bicyclic) bond motifs is 3. The third-order valence-corrected chi connectivity index (χ3v) is 9.14. The molecule has 2 aliphatic carbocycles. The predicted molar refractivity (Wildman–Crippen MR) is 122 cm³/mol. The Morgan fingerprint density at radius 1 is 1.26 bits per heavy atom. The molecular weight excluding hydrogens is 384 g/mol. The molecule has 162 valence electrons. The predicted octanol–water partition coefficient (Wildman–Crippen LogP) is 4.30. The van der Waals surface area contributed by atoms with Crippen LogP contribution in [0.4, 0.5) is 0 Å². The zero-order chi connectivity index (χ0) is 21.8. The van der Waals surface area contributed by atoms with E-state index in [1.54, 1.807) is 6.08 Å². The van der Waals surface area contributed by atoms with Crippen LogP contribution in [0.2, 0.25) is 0 Å². The lowest BCUT2D eigenvalue weighted by atomic mass is 9.50. The zero-order valence-corrected chi connectivity index (χ0v) is 19.1. The number of benzene rings is 1. The second-order valence-corrected chi connectivity index (χ2v) is 11.4. The number of nitrogens with zero attached hydrogens (tertiary/aromatic N) is 1. The van der Waals surface area contributed by atoms with E-state index >= 15 is 0 Å². The number of ketones is 1. The fraction of sp³-hybridized carbons (Fsp3) is 0.556. The van der Waals surface area contributed by atoms with Gasteiger partial charge in [-0.15, -0.1) is 0 Å². The van der Waals surface area contributed by atoms with Gasteiger partial charge in [0.25, 0.3) is 0 Å². The van der Waals surface area contributed by atoms with Crippen LogP contribution in [0.3, 0.4) is 0 Å². The smallest absolute Gasteiger partial charge is 0.241 e. The molecule has 6 aliphatic rings. The first-order chi connectivity index (χ1) is 14.7. The van der Waals surface area contributed by atoms with Gasteiger partial charge in [-0.2, -0.15) is 0 Å². The van der Waals surface area contributed by atoms with E-state index in [1.165, 1.54) is 22.3 Å². The molecule has 3 atom stereocenters. The molecule has 1 N–H and O–H groups in total. The molecule has 0 saturated carbocycles. The molecule has 4 heterocycles. The molecule has 2 bridgehead atoms. The van der Waals surface area contributed by atoms with Crippen molar-refractivity contribution in [2.24, 2.45) is 11.3 Å². The minimum absolute atomic E-state index is 0.00118. The van der Waals surface area contributed by atoms with Crippen molar-refractivity contribution in [3.63, 3.8) is 0 Å². The van der Waals surface area contributed by atoms with Crippen molar-refractivity contribution < 1.29 is 9.59 Å². The molecule has 7 rings (SSSR count). The summed E-state index contributed by atoms with van der Waals surface area (Å²) < 4.78 is 0. The third kappa shape index (κ3) is 2.35. The molecule has 4 saturated heterocycles. The Morgan fingerprint density at radius 3 is 2.84 bits per heavy atom. The Bertz CT molecular complexity index is 1110. The lowest BCUT2D eigenvalue weighted by Crippen LogP contribution is -2.81. The van der Waals surface area contributed by atoms with Gasteiger partial charge in [0.1, 0.15) is 5.54 Å². The molecule has 1 aromatic rings. The molecule has 0 aromatic heterocycles. The van der Waals surface area contributed by atoms with Crippen LogP contribution in [0.5, 0.6) is 0 Å². The molecule has 4 fully saturated rings. The summed E-state index contributed by atoms with van der Waals surface area (Å²) in [5, 5.41) is 3.56. The van der Waals surface area contributed by atoms with Crippen LogP contribution >= 0.6 is 0 Å². The lowest BCUT2D eigenvalue weighted by molar-refractivity contribution is -0.161. The van der Waals surface area contributed by atoms with Crippen LogP contribution in [0.25, 0.3) is 5.57 Å².